The molecule has 1 saturated carbocycles. The highest BCUT2D eigenvalue weighted by Crippen LogP contribution is 2.25. The van der Waals surface area contributed by atoms with E-state index in [1.54, 1.807) is 0 Å². The third kappa shape index (κ3) is 2.56. The summed E-state index contributed by atoms with van der Waals surface area (Å²) in [5.41, 5.74) is 2.84. The van der Waals surface area contributed by atoms with Crippen molar-refractivity contribution in [1.82, 2.24) is 20.7 Å². The standard InChI is InChI=1S/C15H17N5/c16-9-12-7-4-8-13(12)17-10-14-15(19-20-18-14)11-5-2-1-3-6-11/h1-3,5-6,12-13,17H,4,7-8,10H2,(H,18,19,20). The van der Waals surface area contributed by atoms with Gasteiger partial charge in [0.2, 0.25) is 0 Å². The SMILES string of the molecule is N#CC1CCCC1NCc1n[nH]nc1-c1ccccc1. The van der Waals surface area contributed by atoms with Gasteiger partial charge in [0.1, 0.15) is 11.4 Å². The first kappa shape index (κ1) is 12.8. The quantitative estimate of drug-likeness (QED) is 0.890. The van der Waals surface area contributed by atoms with Gasteiger partial charge in [-0.3, -0.25) is 0 Å². The minimum atomic E-state index is 0.127. The van der Waals surface area contributed by atoms with E-state index >= 15 is 0 Å². The van der Waals surface area contributed by atoms with Crippen LogP contribution in [0.15, 0.2) is 30.3 Å². The van der Waals surface area contributed by atoms with Gasteiger partial charge in [-0.2, -0.15) is 20.7 Å². The lowest BCUT2D eigenvalue weighted by Crippen LogP contribution is -2.31. The van der Waals surface area contributed by atoms with Crippen LogP contribution in [0.2, 0.25) is 0 Å². The molecule has 3 rings (SSSR count). The fraction of sp³-hybridized carbons (Fsp3) is 0.400. The van der Waals surface area contributed by atoms with Gasteiger partial charge in [-0.15, -0.1) is 0 Å². The Balaban J connectivity index is 1.70. The molecule has 2 N–H and O–H groups in total. The number of hydrogen-bond acceptors (Lipinski definition) is 4. The van der Waals surface area contributed by atoms with Crippen molar-refractivity contribution in [2.45, 2.75) is 31.8 Å². The maximum atomic E-state index is 9.10. The zero-order valence-corrected chi connectivity index (χ0v) is 11.2. The number of nitrogens with zero attached hydrogens (tertiary/aromatic N) is 3. The van der Waals surface area contributed by atoms with Crippen molar-refractivity contribution in [3.05, 3.63) is 36.0 Å². The first-order chi connectivity index (χ1) is 9.88. The summed E-state index contributed by atoms with van der Waals surface area (Å²) in [6, 6.07) is 12.7. The summed E-state index contributed by atoms with van der Waals surface area (Å²) < 4.78 is 0. The molecule has 0 saturated heterocycles. The lowest BCUT2D eigenvalue weighted by atomic mass is 10.1. The summed E-state index contributed by atoms with van der Waals surface area (Å²) in [5, 5.41) is 23.7. The molecule has 1 fully saturated rings. The number of aromatic amines is 1. The topological polar surface area (TPSA) is 77.4 Å². The van der Waals surface area contributed by atoms with E-state index in [1.807, 2.05) is 30.3 Å². The number of benzene rings is 1. The summed E-state index contributed by atoms with van der Waals surface area (Å²) in [7, 11) is 0. The van der Waals surface area contributed by atoms with Gasteiger partial charge in [-0.1, -0.05) is 36.8 Å². The Morgan fingerprint density at radius 2 is 2.10 bits per heavy atom. The molecule has 1 aliphatic carbocycles. The number of H-pyrrole nitrogens is 1. The number of rotatable bonds is 4. The molecule has 2 atom stereocenters. The number of nitrogens with one attached hydrogen (secondary N) is 2. The molecule has 0 aliphatic heterocycles. The average Bonchev–Trinajstić information content (AvgIpc) is 3.14. The summed E-state index contributed by atoms with van der Waals surface area (Å²) in [6.45, 7) is 0.642. The van der Waals surface area contributed by atoms with Crippen molar-refractivity contribution in [2.24, 2.45) is 5.92 Å². The molecule has 0 radical (unpaired) electrons. The molecular formula is C15H17N5. The molecule has 0 spiro atoms. The monoisotopic (exact) mass is 267 g/mol. The lowest BCUT2D eigenvalue weighted by Gasteiger charge is -2.14. The van der Waals surface area contributed by atoms with Crippen molar-refractivity contribution in [3.8, 4) is 17.3 Å². The van der Waals surface area contributed by atoms with Gasteiger partial charge < -0.3 is 5.32 Å². The first-order valence-corrected chi connectivity index (χ1v) is 6.96. The maximum Gasteiger partial charge on any atom is 0.117 e. The minimum absolute atomic E-state index is 0.127. The van der Waals surface area contributed by atoms with Crippen molar-refractivity contribution < 1.29 is 0 Å². The second kappa shape index (κ2) is 5.85. The van der Waals surface area contributed by atoms with Gasteiger partial charge in [0.25, 0.3) is 0 Å². The third-order valence-corrected chi connectivity index (χ3v) is 3.88. The van der Waals surface area contributed by atoms with Gasteiger partial charge in [-0.05, 0) is 12.8 Å². The molecule has 1 aromatic carbocycles. The first-order valence-electron chi connectivity index (χ1n) is 6.96. The summed E-state index contributed by atoms with van der Waals surface area (Å²) in [4.78, 5) is 0. The van der Waals surface area contributed by atoms with Crippen LogP contribution in [0.5, 0.6) is 0 Å². The van der Waals surface area contributed by atoms with Gasteiger partial charge in [0.15, 0.2) is 0 Å². The van der Waals surface area contributed by atoms with Crippen LogP contribution in [0.1, 0.15) is 25.0 Å². The molecule has 1 heterocycles. The molecule has 0 amide bonds. The highest BCUT2D eigenvalue weighted by molar-refractivity contribution is 5.60. The van der Waals surface area contributed by atoms with Crippen LogP contribution >= 0.6 is 0 Å². The van der Waals surface area contributed by atoms with Crippen molar-refractivity contribution in [1.29, 1.82) is 5.26 Å². The second-order valence-electron chi connectivity index (χ2n) is 5.14. The Bertz CT molecular complexity index is 598. The smallest absolute Gasteiger partial charge is 0.117 e. The maximum absolute atomic E-state index is 9.10. The van der Waals surface area contributed by atoms with E-state index in [1.165, 1.54) is 0 Å². The molecule has 2 unspecified atom stereocenters. The van der Waals surface area contributed by atoms with E-state index in [2.05, 4.69) is 26.8 Å². The number of nitriles is 1. The van der Waals surface area contributed by atoms with E-state index in [0.717, 1.165) is 36.2 Å². The van der Waals surface area contributed by atoms with Gasteiger partial charge in [0.05, 0.1) is 12.0 Å². The predicted octanol–water partition coefficient (Wildman–Crippen LogP) is 2.25. The molecule has 0 bridgehead atoms. The van der Waals surface area contributed by atoms with Crippen LogP contribution in [0.25, 0.3) is 11.3 Å². The molecule has 2 aromatic rings. The van der Waals surface area contributed by atoms with Crippen LogP contribution in [-0.4, -0.2) is 21.5 Å². The van der Waals surface area contributed by atoms with Crippen molar-refractivity contribution in [3.63, 3.8) is 0 Å². The summed E-state index contributed by atoms with van der Waals surface area (Å²) >= 11 is 0. The van der Waals surface area contributed by atoms with Gasteiger partial charge in [0, 0.05) is 18.2 Å². The number of aromatic nitrogens is 3. The van der Waals surface area contributed by atoms with Crippen molar-refractivity contribution in [2.75, 3.05) is 0 Å². The van der Waals surface area contributed by atoms with Crippen LogP contribution in [0.4, 0.5) is 0 Å². The fourth-order valence-corrected chi connectivity index (χ4v) is 2.79. The zero-order chi connectivity index (χ0) is 13.8. The Morgan fingerprint density at radius 1 is 1.25 bits per heavy atom. The fourth-order valence-electron chi connectivity index (χ4n) is 2.79. The highest BCUT2D eigenvalue weighted by atomic mass is 15.3. The van der Waals surface area contributed by atoms with E-state index in [4.69, 9.17) is 5.26 Å². The van der Waals surface area contributed by atoms with Gasteiger partial charge in [-0.25, -0.2) is 0 Å². The Hall–Kier alpha value is -2.19. The molecule has 102 valence electrons. The molecular weight excluding hydrogens is 250 g/mol. The van der Waals surface area contributed by atoms with Crippen LogP contribution in [-0.2, 0) is 6.54 Å². The number of hydrogen-bond donors (Lipinski definition) is 2. The minimum Gasteiger partial charge on any atom is -0.307 e. The van der Waals surface area contributed by atoms with E-state index in [-0.39, 0.29) is 12.0 Å². The average molecular weight is 267 g/mol. The Kier molecular flexibility index (Phi) is 3.75. The van der Waals surface area contributed by atoms with Crippen LogP contribution < -0.4 is 5.32 Å². The molecule has 5 nitrogen and oxygen atoms in total. The molecule has 1 aromatic heterocycles. The Labute approximate surface area is 118 Å². The Morgan fingerprint density at radius 3 is 2.90 bits per heavy atom. The van der Waals surface area contributed by atoms with E-state index in [9.17, 15) is 0 Å². The molecule has 1 aliphatic rings. The van der Waals surface area contributed by atoms with Crippen LogP contribution in [0, 0.1) is 17.2 Å². The predicted molar refractivity (Wildman–Crippen MR) is 75.4 cm³/mol. The lowest BCUT2D eigenvalue weighted by molar-refractivity contribution is 0.461. The van der Waals surface area contributed by atoms with E-state index < -0.39 is 0 Å². The third-order valence-electron chi connectivity index (χ3n) is 3.88. The van der Waals surface area contributed by atoms with E-state index in [0.29, 0.717) is 6.54 Å². The normalized spacial score (nSPS) is 21.8. The summed E-state index contributed by atoms with van der Waals surface area (Å²) in [5.74, 6) is 0.127. The van der Waals surface area contributed by atoms with Crippen LogP contribution in [0.3, 0.4) is 0 Å². The highest BCUT2D eigenvalue weighted by Gasteiger charge is 2.27. The van der Waals surface area contributed by atoms with Gasteiger partial charge >= 0.3 is 0 Å². The van der Waals surface area contributed by atoms with Crippen molar-refractivity contribution >= 4 is 0 Å². The zero-order valence-electron chi connectivity index (χ0n) is 11.2. The second-order valence-corrected chi connectivity index (χ2v) is 5.14. The largest absolute Gasteiger partial charge is 0.307 e. The summed E-state index contributed by atoms with van der Waals surface area (Å²) in [6.07, 6.45) is 3.19. The molecule has 20 heavy (non-hydrogen) atoms. The molecule has 5 heteroatoms.